The lowest BCUT2D eigenvalue weighted by Crippen LogP contribution is -2.48. The van der Waals surface area contributed by atoms with Gasteiger partial charge in [0.2, 0.25) is 0 Å². The van der Waals surface area contributed by atoms with Gasteiger partial charge in [-0.2, -0.15) is 0 Å². The fourth-order valence-corrected chi connectivity index (χ4v) is 1.81. The molecule has 1 aliphatic rings. The van der Waals surface area contributed by atoms with Crippen molar-refractivity contribution in [3.8, 4) is 0 Å². The Morgan fingerprint density at radius 2 is 2.36 bits per heavy atom. The van der Waals surface area contributed by atoms with Crippen LogP contribution < -0.4 is 0 Å². The topological polar surface area (TPSA) is 49.8 Å². The molecule has 14 heavy (non-hydrogen) atoms. The van der Waals surface area contributed by atoms with E-state index in [0.29, 0.717) is 19.0 Å². The monoisotopic (exact) mass is 201 g/mol. The van der Waals surface area contributed by atoms with Gasteiger partial charge in [0, 0.05) is 19.7 Å². The maximum atomic E-state index is 11.3. The number of methoxy groups -OCH3 is 1. The quantitative estimate of drug-likeness (QED) is 0.691. The number of hydrogen-bond donors (Lipinski definition) is 1. The van der Waals surface area contributed by atoms with Gasteiger partial charge in [-0.05, 0) is 17.8 Å². The van der Waals surface area contributed by atoms with Gasteiger partial charge in [0.25, 0.3) is 0 Å². The maximum Gasteiger partial charge on any atom is 0.409 e. The molecule has 0 radical (unpaired) electrons. The van der Waals surface area contributed by atoms with Crippen molar-refractivity contribution < 1.29 is 14.6 Å². The second kappa shape index (κ2) is 4.17. The Balaban J connectivity index is 2.59. The second-order valence-electron chi connectivity index (χ2n) is 4.38. The Labute approximate surface area is 84.8 Å². The van der Waals surface area contributed by atoms with Crippen molar-refractivity contribution in [2.24, 2.45) is 11.3 Å². The van der Waals surface area contributed by atoms with E-state index in [1.807, 2.05) is 0 Å². The number of hydrogen-bond acceptors (Lipinski definition) is 3. The van der Waals surface area contributed by atoms with Crippen LogP contribution in [0.4, 0.5) is 4.79 Å². The summed E-state index contributed by atoms with van der Waals surface area (Å²) in [7, 11) is 1.40. The van der Waals surface area contributed by atoms with Crippen LogP contribution in [0.15, 0.2) is 0 Å². The third-order valence-corrected chi connectivity index (χ3v) is 3.43. The molecule has 0 aromatic carbocycles. The molecule has 4 nitrogen and oxygen atoms in total. The van der Waals surface area contributed by atoms with Crippen molar-refractivity contribution in [2.45, 2.75) is 20.3 Å². The summed E-state index contributed by atoms with van der Waals surface area (Å²) in [5, 5.41) is 9.27. The van der Waals surface area contributed by atoms with Crippen LogP contribution in [0.5, 0.6) is 0 Å². The molecule has 1 N–H and O–H groups in total. The Morgan fingerprint density at radius 3 is 2.79 bits per heavy atom. The van der Waals surface area contributed by atoms with Crippen LogP contribution in [0.3, 0.4) is 0 Å². The van der Waals surface area contributed by atoms with Crippen molar-refractivity contribution in [3.63, 3.8) is 0 Å². The Bertz CT molecular complexity index is 219. The molecule has 0 bridgehead atoms. The number of amides is 1. The van der Waals surface area contributed by atoms with Crippen LogP contribution in [-0.4, -0.2) is 42.9 Å². The molecular weight excluding hydrogens is 182 g/mol. The second-order valence-corrected chi connectivity index (χ2v) is 4.38. The average molecular weight is 201 g/mol. The summed E-state index contributed by atoms with van der Waals surface area (Å²) in [6.07, 6.45) is 0.566. The van der Waals surface area contributed by atoms with Crippen LogP contribution in [-0.2, 0) is 4.74 Å². The molecule has 1 aliphatic heterocycles. The largest absolute Gasteiger partial charge is 0.453 e. The molecule has 1 heterocycles. The van der Waals surface area contributed by atoms with Crippen LogP contribution >= 0.6 is 0 Å². The number of rotatable bonds is 1. The van der Waals surface area contributed by atoms with Gasteiger partial charge in [-0.25, -0.2) is 4.79 Å². The van der Waals surface area contributed by atoms with Gasteiger partial charge in [0.05, 0.1) is 7.11 Å². The summed E-state index contributed by atoms with van der Waals surface area (Å²) in [4.78, 5) is 12.9. The zero-order chi connectivity index (χ0) is 10.8. The van der Waals surface area contributed by atoms with Crippen molar-refractivity contribution in [3.05, 3.63) is 0 Å². The number of nitrogens with zero attached hydrogens (tertiary/aromatic N) is 1. The number of piperidine rings is 1. The van der Waals surface area contributed by atoms with E-state index in [1.54, 1.807) is 4.90 Å². The summed E-state index contributed by atoms with van der Waals surface area (Å²) in [5.41, 5.74) is -0.0511. The molecule has 0 aromatic rings. The van der Waals surface area contributed by atoms with Gasteiger partial charge in [-0.1, -0.05) is 13.8 Å². The predicted octanol–water partition coefficient (Wildman–Crippen LogP) is 1.09. The van der Waals surface area contributed by atoms with Gasteiger partial charge in [-0.3, -0.25) is 0 Å². The highest BCUT2D eigenvalue weighted by atomic mass is 16.5. The lowest BCUT2D eigenvalue weighted by molar-refractivity contribution is 0.00961. The van der Waals surface area contributed by atoms with Crippen LogP contribution in [0, 0.1) is 11.3 Å². The Hall–Kier alpha value is -0.770. The first kappa shape index (κ1) is 11.3. The molecule has 0 aliphatic carbocycles. The molecule has 1 saturated heterocycles. The van der Waals surface area contributed by atoms with E-state index in [-0.39, 0.29) is 18.1 Å². The first-order valence-corrected chi connectivity index (χ1v) is 4.97. The standard InChI is InChI=1S/C10H19NO3/c1-8-6-11(9(13)14-3)5-4-10(8,2)7-12/h8,12H,4-7H2,1-3H3. The SMILES string of the molecule is COC(=O)N1CCC(C)(CO)C(C)C1. The van der Waals surface area contributed by atoms with Gasteiger partial charge >= 0.3 is 6.09 Å². The van der Waals surface area contributed by atoms with Gasteiger partial charge < -0.3 is 14.7 Å². The lowest BCUT2D eigenvalue weighted by atomic mass is 9.73. The third kappa shape index (κ3) is 2.00. The summed E-state index contributed by atoms with van der Waals surface area (Å²) >= 11 is 0. The van der Waals surface area contributed by atoms with E-state index in [4.69, 9.17) is 0 Å². The van der Waals surface area contributed by atoms with E-state index in [1.165, 1.54) is 7.11 Å². The third-order valence-electron chi connectivity index (χ3n) is 3.43. The Morgan fingerprint density at radius 1 is 1.71 bits per heavy atom. The van der Waals surface area contributed by atoms with E-state index < -0.39 is 0 Å². The molecule has 1 fully saturated rings. The molecule has 0 saturated carbocycles. The van der Waals surface area contributed by atoms with Gasteiger partial charge in [-0.15, -0.1) is 0 Å². The first-order chi connectivity index (χ1) is 6.53. The lowest BCUT2D eigenvalue weighted by Gasteiger charge is -2.42. The van der Waals surface area contributed by atoms with Crippen LogP contribution in [0.1, 0.15) is 20.3 Å². The van der Waals surface area contributed by atoms with Gasteiger partial charge in [0.1, 0.15) is 0 Å². The fraction of sp³-hybridized carbons (Fsp3) is 0.900. The van der Waals surface area contributed by atoms with Crippen molar-refractivity contribution in [2.75, 3.05) is 26.8 Å². The van der Waals surface area contributed by atoms with Crippen molar-refractivity contribution in [1.29, 1.82) is 0 Å². The van der Waals surface area contributed by atoms with E-state index in [2.05, 4.69) is 18.6 Å². The minimum absolute atomic E-state index is 0.0511. The minimum atomic E-state index is -0.267. The van der Waals surface area contributed by atoms with E-state index in [9.17, 15) is 9.90 Å². The number of ether oxygens (including phenoxy) is 1. The molecule has 4 heteroatoms. The number of likely N-dealkylation sites (tertiary alicyclic amines) is 1. The average Bonchev–Trinajstić information content (AvgIpc) is 2.21. The van der Waals surface area contributed by atoms with Crippen molar-refractivity contribution >= 4 is 6.09 Å². The molecule has 1 rings (SSSR count). The van der Waals surface area contributed by atoms with Crippen molar-refractivity contribution in [1.82, 2.24) is 4.90 Å². The van der Waals surface area contributed by atoms with Gasteiger partial charge in [0.15, 0.2) is 0 Å². The summed E-state index contributed by atoms with van der Waals surface area (Å²) in [6, 6.07) is 0. The number of aliphatic hydroxyl groups is 1. The first-order valence-electron chi connectivity index (χ1n) is 4.97. The van der Waals surface area contributed by atoms with E-state index >= 15 is 0 Å². The fourth-order valence-electron chi connectivity index (χ4n) is 1.81. The maximum absolute atomic E-state index is 11.3. The van der Waals surface area contributed by atoms with Crippen LogP contribution in [0.2, 0.25) is 0 Å². The number of carbonyl (C=O) groups excluding carboxylic acids is 1. The summed E-state index contributed by atoms with van der Waals surface area (Å²) < 4.78 is 4.66. The molecule has 2 unspecified atom stereocenters. The minimum Gasteiger partial charge on any atom is -0.453 e. The smallest absolute Gasteiger partial charge is 0.409 e. The van der Waals surface area contributed by atoms with E-state index in [0.717, 1.165) is 6.42 Å². The Kier molecular flexibility index (Phi) is 3.37. The zero-order valence-corrected chi connectivity index (χ0v) is 9.12. The highest BCUT2D eigenvalue weighted by molar-refractivity contribution is 5.67. The molecule has 0 aromatic heterocycles. The van der Waals surface area contributed by atoms with Crippen LogP contribution in [0.25, 0.3) is 0 Å². The highest BCUT2D eigenvalue weighted by Gasteiger charge is 2.37. The highest BCUT2D eigenvalue weighted by Crippen LogP contribution is 2.35. The normalized spacial score (nSPS) is 32.9. The molecule has 1 amide bonds. The predicted molar refractivity (Wildman–Crippen MR) is 53.0 cm³/mol. The molecular formula is C10H19NO3. The summed E-state index contributed by atoms with van der Waals surface area (Å²) in [5.74, 6) is 0.306. The molecule has 82 valence electrons. The number of aliphatic hydroxyl groups excluding tert-OH is 1. The summed E-state index contributed by atoms with van der Waals surface area (Å²) in [6.45, 7) is 5.65. The molecule has 2 atom stereocenters. The molecule has 0 spiro atoms. The number of carbonyl (C=O) groups is 1. The zero-order valence-electron chi connectivity index (χ0n) is 9.12.